The Morgan fingerprint density at radius 3 is 3.24 bits per heavy atom. The van der Waals surface area contributed by atoms with Crippen LogP contribution in [0.25, 0.3) is 0 Å². The molecule has 6 nitrogen and oxygen atoms in total. The number of nitrogens with one attached hydrogen (secondary N) is 2. The van der Waals surface area contributed by atoms with E-state index in [4.69, 9.17) is 5.11 Å². The molecule has 0 saturated carbocycles. The van der Waals surface area contributed by atoms with Crippen LogP contribution in [0.15, 0.2) is 6.33 Å². The smallest absolute Gasteiger partial charge is 0.240 e. The molecule has 2 heterocycles. The summed E-state index contributed by atoms with van der Waals surface area (Å²) in [7, 11) is 1.71. The Morgan fingerprint density at radius 1 is 1.76 bits per heavy atom. The van der Waals surface area contributed by atoms with Crippen LogP contribution in [0.2, 0.25) is 0 Å². The molecule has 1 aromatic heterocycles. The van der Waals surface area contributed by atoms with E-state index in [1.54, 1.807) is 18.3 Å². The van der Waals surface area contributed by atoms with Crippen molar-refractivity contribution in [3.8, 4) is 0 Å². The van der Waals surface area contributed by atoms with E-state index in [1.807, 2.05) is 6.92 Å². The largest absolute Gasteiger partial charge is 0.394 e. The van der Waals surface area contributed by atoms with Gasteiger partial charge in [-0.05, 0) is 6.92 Å². The fraction of sp³-hybridized carbons (Fsp3) is 0.636. The zero-order chi connectivity index (χ0) is 12.4. The number of aliphatic hydroxyl groups is 1. The van der Waals surface area contributed by atoms with Crippen LogP contribution in [0.5, 0.6) is 0 Å². The van der Waals surface area contributed by atoms with Gasteiger partial charge in [0.1, 0.15) is 0 Å². The van der Waals surface area contributed by atoms with Gasteiger partial charge in [0, 0.05) is 20.0 Å². The molecule has 2 rings (SSSR count). The Labute approximate surface area is 100 Å². The fourth-order valence-electron chi connectivity index (χ4n) is 1.93. The minimum absolute atomic E-state index is 0.000185. The molecule has 0 spiro atoms. The minimum atomic E-state index is -0.246. The van der Waals surface area contributed by atoms with Crippen molar-refractivity contribution in [3.05, 3.63) is 17.7 Å². The molecular formula is C11H18N4O2. The van der Waals surface area contributed by atoms with Crippen molar-refractivity contribution in [1.82, 2.24) is 20.2 Å². The quantitative estimate of drug-likeness (QED) is 0.648. The highest BCUT2D eigenvalue weighted by molar-refractivity contribution is 5.82. The van der Waals surface area contributed by atoms with Gasteiger partial charge in [-0.2, -0.15) is 0 Å². The number of H-pyrrole nitrogens is 1. The Hall–Kier alpha value is -1.40. The molecule has 6 heteroatoms. The number of aliphatic hydroxyl groups excluding tert-OH is 1. The van der Waals surface area contributed by atoms with Crippen LogP contribution >= 0.6 is 0 Å². The van der Waals surface area contributed by atoms with Crippen LogP contribution < -0.4 is 5.32 Å². The maximum Gasteiger partial charge on any atom is 0.240 e. The topological polar surface area (TPSA) is 81.2 Å². The summed E-state index contributed by atoms with van der Waals surface area (Å²) in [5.74, 6) is 0.000185. The summed E-state index contributed by atoms with van der Waals surface area (Å²) in [6.45, 7) is 2.43. The number of aromatic amines is 1. The van der Waals surface area contributed by atoms with E-state index in [2.05, 4.69) is 15.3 Å². The number of likely N-dealkylation sites (N-methyl/N-ethyl adjacent to an activating group) is 1. The van der Waals surface area contributed by atoms with Gasteiger partial charge in [0.25, 0.3) is 0 Å². The van der Waals surface area contributed by atoms with Gasteiger partial charge in [0.15, 0.2) is 0 Å². The molecule has 0 saturated heterocycles. The number of hydrogen-bond acceptors (Lipinski definition) is 4. The summed E-state index contributed by atoms with van der Waals surface area (Å²) < 4.78 is 0. The molecule has 2 atom stereocenters. The predicted octanol–water partition coefficient (Wildman–Crippen LogP) is -0.737. The lowest BCUT2D eigenvalue weighted by Gasteiger charge is -2.30. The third-order valence-corrected chi connectivity index (χ3v) is 3.30. The number of imidazole rings is 1. The Bertz CT molecular complexity index is 404. The average Bonchev–Trinajstić information content (AvgIpc) is 2.83. The lowest BCUT2D eigenvalue weighted by Crippen LogP contribution is -2.51. The molecule has 1 aromatic rings. The van der Waals surface area contributed by atoms with Crippen LogP contribution in [-0.4, -0.2) is 51.6 Å². The van der Waals surface area contributed by atoms with Gasteiger partial charge in [0.05, 0.1) is 36.4 Å². The molecule has 1 aliphatic rings. The van der Waals surface area contributed by atoms with Crippen LogP contribution in [-0.2, 0) is 17.8 Å². The molecule has 3 N–H and O–H groups in total. The SMILES string of the molecule is CC(CO)N(C)C(=O)C1Cc2nc[nH]c2CN1. The minimum Gasteiger partial charge on any atom is -0.394 e. The van der Waals surface area contributed by atoms with Gasteiger partial charge >= 0.3 is 0 Å². The monoisotopic (exact) mass is 238 g/mol. The highest BCUT2D eigenvalue weighted by Gasteiger charge is 2.29. The molecule has 94 valence electrons. The van der Waals surface area contributed by atoms with E-state index in [-0.39, 0.29) is 24.6 Å². The maximum absolute atomic E-state index is 12.1. The van der Waals surface area contributed by atoms with E-state index in [1.165, 1.54) is 0 Å². The predicted molar refractivity (Wildman–Crippen MR) is 62.2 cm³/mol. The summed E-state index contributed by atoms with van der Waals surface area (Å²) in [6, 6.07) is -0.408. The van der Waals surface area contributed by atoms with Gasteiger partial charge in [-0.25, -0.2) is 4.98 Å². The number of amides is 1. The maximum atomic E-state index is 12.1. The average molecular weight is 238 g/mol. The van der Waals surface area contributed by atoms with E-state index in [0.29, 0.717) is 13.0 Å². The first-order valence-electron chi connectivity index (χ1n) is 5.75. The van der Waals surface area contributed by atoms with E-state index in [9.17, 15) is 4.79 Å². The Balaban J connectivity index is 2.03. The van der Waals surface area contributed by atoms with Crippen molar-refractivity contribution >= 4 is 5.91 Å². The normalized spacial score (nSPS) is 20.8. The van der Waals surface area contributed by atoms with Gasteiger partial charge in [-0.15, -0.1) is 0 Å². The second-order valence-electron chi connectivity index (χ2n) is 4.45. The molecule has 0 bridgehead atoms. The van der Waals surface area contributed by atoms with Crippen LogP contribution in [0.3, 0.4) is 0 Å². The van der Waals surface area contributed by atoms with Gasteiger partial charge in [0.2, 0.25) is 5.91 Å². The van der Waals surface area contributed by atoms with Crippen molar-refractivity contribution in [2.24, 2.45) is 0 Å². The van der Waals surface area contributed by atoms with Crippen LogP contribution in [0.1, 0.15) is 18.3 Å². The lowest BCUT2D eigenvalue weighted by atomic mass is 10.0. The zero-order valence-electron chi connectivity index (χ0n) is 10.1. The van der Waals surface area contributed by atoms with Crippen LogP contribution in [0, 0.1) is 0 Å². The van der Waals surface area contributed by atoms with E-state index >= 15 is 0 Å². The van der Waals surface area contributed by atoms with Gasteiger partial charge in [-0.1, -0.05) is 0 Å². The second kappa shape index (κ2) is 4.85. The molecule has 2 unspecified atom stereocenters. The summed E-state index contributed by atoms with van der Waals surface area (Å²) in [4.78, 5) is 21.0. The van der Waals surface area contributed by atoms with Crippen molar-refractivity contribution in [1.29, 1.82) is 0 Å². The first-order valence-corrected chi connectivity index (χ1v) is 5.75. The highest BCUT2D eigenvalue weighted by Crippen LogP contribution is 2.14. The fourth-order valence-corrected chi connectivity index (χ4v) is 1.93. The molecule has 0 fully saturated rings. The standard InChI is InChI=1S/C11H18N4O2/c1-7(5-16)15(2)11(17)9-3-8-10(4-12-9)14-6-13-8/h6-7,9,12,16H,3-5H2,1-2H3,(H,13,14). The van der Waals surface area contributed by atoms with Crippen molar-refractivity contribution in [2.75, 3.05) is 13.7 Å². The van der Waals surface area contributed by atoms with E-state index in [0.717, 1.165) is 11.4 Å². The van der Waals surface area contributed by atoms with E-state index < -0.39 is 0 Å². The number of aromatic nitrogens is 2. The molecule has 1 aliphatic heterocycles. The summed E-state index contributed by atoms with van der Waals surface area (Å²) in [5.41, 5.74) is 2.00. The van der Waals surface area contributed by atoms with Crippen LogP contribution in [0.4, 0.5) is 0 Å². The first kappa shape index (κ1) is 12.1. The molecule has 0 radical (unpaired) electrons. The molecule has 0 aliphatic carbocycles. The number of carbonyl (C=O) groups excluding carboxylic acids is 1. The molecule has 0 aromatic carbocycles. The zero-order valence-corrected chi connectivity index (χ0v) is 10.1. The molecule has 17 heavy (non-hydrogen) atoms. The number of fused-ring (bicyclic) bond motifs is 1. The van der Waals surface area contributed by atoms with Gasteiger partial charge in [-0.3, -0.25) is 10.1 Å². The first-order chi connectivity index (χ1) is 8.13. The van der Waals surface area contributed by atoms with Crippen molar-refractivity contribution < 1.29 is 9.90 Å². The highest BCUT2D eigenvalue weighted by atomic mass is 16.3. The number of carbonyl (C=O) groups is 1. The number of hydrogen-bond donors (Lipinski definition) is 3. The second-order valence-corrected chi connectivity index (χ2v) is 4.45. The van der Waals surface area contributed by atoms with Crippen molar-refractivity contribution in [2.45, 2.75) is 32.0 Å². The van der Waals surface area contributed by atoms with Crippen molar-refractivity contribution in [3.63, 3.8) is 0 Å². The number of rotatable bonds is 3. The summed E-state index contributed by atoms with van der Waals surface area (Å²) in [6.07, 6.45) is 2.25. The lowest BCUT2D eigenvalue weighted by molar-refractivity contribution is -0.134. The Morgan fingerprint density at radius 2 is 2.53 bits per heavy atom. The Kier molecular flexibility index (Phi) is 3.44. The molecular weight excluding hydrogens is 220 g/mol. The summed E-state index contributed by atoms with van der Waals surface area (Å²) in [5, 5.41) is 12.2. The third kappa shape index (κ3) is 2.32. The third-order valence-electron chi connectivity index (χ3n) is 3.30. The van der Waals surface area contributed by atoms with Gasteiger partial charge < -0.3 is 15.0 Å². The summed E-state index contributed by atoms with van der Waals surface area (Å²) >= 11 is 0. The number of nitrogens with zero attached hydrogens (tertiary/aromatic N) is 2. The molecule has 1 amide bonds.